The topological polar surface area (TPSA) is 21.3 Å². The van der Waals surface area contributed by atoms with Crippen LogP contribution in [0.15, 0.2) is 18.2 Å². The molecule has 0 fully saturated rings. The Kier molecular flexibility index (Phi) is 2.98. The molecule has 0 radical (unpaired) electrons. The van der Waals surface area contributed by atoms with Crippen LogP contribution >= 0.6 is 0 Å². The predicted octanol–water partition coefficient (Wildman–Crippen LogP) is 2.41. The summed E-state index contributed by atoms with van der Waals surface area (Å²) in [7, 11) is 1.63. The van der Waals surface area contributed by atoms with E-state index in [9.17, 15) is 8.78 Å². The normalized spacial score (nSPS) is 19.6. The molecule has 1 heterocycles. The van der Waals surface area contributed by atoms with Crippen LogP contribution in [0.1, 0.15) is 29.2 Å². The van der Waals surface area contributed by atoms with Crippen LogP contribution in [-0.4, -0.2) is 13.7 Å². The number of rotatable bonds is 3. The van der Waals surface area contributed by atoms with Crippen molar-refractivity contribution in [3.63, 3.8) is 0 Å². The third kappa shape index (κ3) is 2.01. The average Bonchev–Trinajstić information content (AvgIpc) is 2.61. The molecule has 0 aromatic heterocycles. The smallest absolute Gasteiger partial charge is 0.263 e. The fourth-order valence-electron chi connectivity index (χ4n) is 1.91. The molecule has 2 rings (SSSR count). The maximum Gasteiger partial charge on any atom is 0.263 e. The zero-order valence-electron chi connectivity index (χ0n) is 8.47. The second kappa shape index (κ2) is 4.24. The number of benzene rings is 1. The van der Waals surface area contributed by atoms with Gasteiger partial charge in [-0.1, -0.05) is 12.1 Å². The zero-order chi connectivity index (χ0) is 10.8. The van der Waals surface area contributed by atoms with Gasteiger partial charge in [-0.15, -0.1) is 0 Å². The van der Waals surface area contributed by atoms with Gasteiger partial charge in [-0.3, -0.25) is 0 Å². The lowest BCUT2D eigenvalue weighted by atomic mass is 10.0. The summed E-state index contributed by atoms with van der Waals surface area (Å²) < 4.78 is 29.9. The second-order valence-electron chi connectivity index (χ2n) is 3.65. The Labute approximate surface area is 87.2 Å². The molecule has 1 N–H and O–H groups in total. The molecule has 0 saturated carbocycles. The minimum Gasteiger partial charge on any atom is -0.383 e. The molecule has 0 amide bonds. The van der Waals surface area contributed by atoms with E-state index < -0.39 is 6.43 Å². The largest absolute Gasteiger partial charge is 0.383 e. The Balaban J connectivity index is 2.25. The maximum absolute atomic E-state index is 12.4. The summed E-state index contributed by atoms with van der Waals surface area (Å²) >= 11 is 0. The van der Waals surface area contributed by atoms with Gasteiger partial charge >= 0.3 is 0 Å². The zero-order valence-corrected chi connectivity index (χ0v) is 8.47. The lowest BCUT2D eigenvalue weighted by Gasteiger charge is -2.10. The summed E-state index contributed by atoms with van der Waals surface area (Å²) in [5, 5.41) is 3.22. The predicted molar refractivity (Wildman–Crippen MR) is 52.9 cm³/mol. The van der Waals surface area contributed by atoms with Crippen molar-refractivity contribution in [2.24, 2.45) is 0 Å². The number of ether oxygens (including phenoxy) is 1. The highest BCUT2D eigenvalue weighted by atomic mass is 19.3. The van der Waals surface area contributed by atoms with Crippen molar-refractivity contribution in [3.8, 4) is 0 Å². The average molecular weight is 213 g/mol. The van der Waals surface area contributed by atoms with E-state index in [1.807, 2.05) is 0 Å². The number of halogens is 2. The number of fused-ring (bicyclic) bond motifs is 1. The van der Waals surface area contributed by atoms with Crippen LogP contribution < -0.4 is 5.32 Å². The van der Waals surface area contributed by atoms with Gasteiger partial charge in [-0.25, -0.2) is 8.78 Å². The fraction of sp³-hybridized carbons (Fsp3) is 0.455. The van der Waals surface area contributed by atoms with E-state index in [0.29, 0.717) is 13.2 Å². The highest BCUT2D eigenvalue weighted by Crippen LogP contribution is 2.29. The van der Waals surface area contributed by atoms with Gasteiger partial charge < -0.3 is 10.1 Å². The van der Waals surface area contributed by atoms with Gasteiger partial charge in [0.15, 0.2) is 0 Å². The van der Waals surface area contributed by atoms with Crippen LogP contribution in [-0.2, 0) is 11.3 Å². The molecular weight excluding hydrogens is 200 g/mol. The molecule has 1 aliphatic rings. The standard InChI is InChI=1S/C11H13F2NO/c1-15-6-10-9-3-2-7(11(12)13)4-8(9)5-14-10/h2-4,10-11,14H,5-6H2,1H3. The molecule has 2 nitrogen and oxygen atoms in total. The molecule has 0 bridgehead atoms. The number of nitrogens with one attached hydrogen (secondary N) is 1. The van der Waals surface area contributed by atoms with Crippen molar-refractivity contribution in [2.75, 3.05) is 13.7 Å². The highest BCUT2D eigenvalue weighted by molar-refractivity contribution is 5.37. The quantitative estimate of drug-likeness (QED) is 0.832. The molecule has 1 unspecified atom stereocenters. The molecule has 1 aromatic rings. The first-order valence-corrected chi connectivity index (χ1v) is 4.85. The molecule has 0 spiro atoms. The van der Waals surface area contributed by atoms with E-state index in [2.05, 4.69) is 5.32 Å². The summed E-state index contributed by atoms with van der Waals surface area (Å²) in [5.74, 6) is 0. The molecule has 15 heavy (non-hydrogen) atoms. The van der Waals surface area contributed by atoms with Gasteiger partial charge in [-0.05, 0) is 17.2 Å². The van der Waals surface area contributed by atoms with Crippen molar-refractivity contribution in [1.29, 1.82) is 0 Å². The molecule has 0 saturated heterocycles. The molecule has 1 atom stereocenters. The molecule has 82 valence electrons. The Morgan fingerprint density at radius 2 is 2.33 bits per heavy atom. The van der Waals surface area contributed by atoms with Crippen LogP contribution in [0.4, 0.5) is 8.78 Å². The summed E-state index contributed by atoms with van der Waals surface area (Å²) in [5.41, 5.74) is 2.12. The van der Waals surface area contributed by atoms with Gasteiger partial charge in [0, 0.05) is 19.2 Å². The third-order valence-corrected chi connectivity index (χ3v) is 2.67. The first-order chi connectivity index (χ1) is 7.22. The van der Waals surface area contributed by atoms with Crippen LogP contribution in [0.3, 0.4) is 0 Å². The van der Waals surface area contributed by atoms with Crippen LogP contribution in [0.2, 0.25) is 0 Å². The number of methoxy groups -OCH3 is 1. The summed E-state index contributed by atoms with van der Waals surface area (Å²) in [6.45, 7) is 1.21. The molecule has 4 heteroatoms. The third-order valence-electron chi connectivity index (χ3n) is 2.67. The van der Waals surface area contributed by atoms with Crippen molar-refractivity contribution in [3.05, 3.63) is 34.9 Å². The Morgan fingerprint density at radius 1 is 1.53 bits per heavy atom. The Morgan fingerprint density at radius 3 is 3.00 bits per heavy atom. The maximum atomic E-state index is 12.4. The number of hydrogen-bond acceptors (Lipinski definition) is 2. The van der Waals surface area contributed by atoms with Gasteiger partial charge in [0.05, 0.1) is 12.6 Å². The Bertz CT molecular complexity index is 354. The highest BCUT2D eigenvalue weighted by Gasteiger charge is 2.22. The van der Waals surface area contributed by atoms with E-state index in [0.717, 1.165) is 11.1 Å². The van der Waals surface area contributed by atoms with Gasteiger partial charge in [0.2, 0.25) is 0 Å². The summed E-state index contributed by atoms with van der Waals surface area (Å²) in [4.78, 5) is 0. The van der Waals surface area contributed by atoms with E-state index in [1.165, 1.54) is 6.07 Å². The fourth-order valence-corrected chi connectivity index (χ4v) is 1.91. The van der Waals surface area contributed by atoms with Crippen LogP contribution in [0.25, 0.3) is 0 Å². The van der Waals surface area contributed by atoms with Crippen LogP contribution in [0.5, 0.6) is 0 Å². The lowest BCUT2D eigenvalue weighted by Crippen LogP contribution is -2.16. The van der Waals surface area contributed by atoms with Gasteiger partial charge in [0.25, 0.3) is 6.43 Å². The van der Waals surface area contributed by atoms with Crippen molar-refractivity contribution in [1.82, 2.24) is 5.32 Å². The van der Waals surface area contributed by atoms with E-state index in [1.54, 1.807) is 19.2 Å². The van der Waals surface area contributed by atoms with Gasteiger partial charge in [-0.2, -0.15) is 0 Å². The number of hydrogen-bond donors (Lipinski definition) is 1. The monoisotopic (exact) mass is 213 g/mol. The van der Waals surface area contributed by atoms with Crippen molar-refractivity contribution < 1.29 is 13.5 Å². The van der Waals surface area contributed by atoms with Gasteiger partial charge in [0.1, 0.15) is 0 Å². The molecule has 0 aliphatic carbocycles. The minimum atomic E-state index is -2.39. The molecule has 1 aliphatic heterocycles. The number of alkyl halides is 2. The first-order valence-electron chi connectivity index (χ1n) is 4.85. The SMILES string of the molecule is COCC1NCc2cc(C(F)F)ccc21. The van der Waals surface area contributed by atoms with E-state index in [-0.39, 0.29) is 11.6 Å². The molecular formula is C11H13F2NO. The lowest BCUT2D eigenvalue weighted by molar-refractivity contribution is 0.151. The Hall–Kier alpha value is -1.00. The van der Waals surface area contributed by atoms with E-state index in [4.69, 9.17) is 4.74 Å². The summed E-state index contributed by atoms with van der Waals surface area (Å²) in [6.07, 6.45) is -2.39. The first kappa shape index (κ1) is 10.5. The summed E-state index contributed by atoms with van der Waals surface area (Å²) in [6, 6.07) is 4.96. The van der Waals surface area contributed by atoms with E-state index >= 15 is 0 Å². The van der Waals surface area contributed by atoms with Crippen LogP contribution in [0, 0.1) is 0 Å². The van der Waals surface area contributed by atoms with Crippen molar-refractivity contribution in [2.45, 2.75) is 19.0 Å². The molecule has 1 aromatic carbocycles. The second-order valence-corrected chi connectivity index (χ2v) is 3.65. The minimum absolute atomic E-state index is 0.0913. The van der Waals surface area contributed by atoms with Crippen molar-refractivity contribution >= 4 is 0 Å².